The molecule has 0 atom stereocenters. The van der Waals surface area contributed by atoms with Gasteiger partial charge in [0.25, 0.3) is 0 Å². The maximum Gasteiger partial charge on any atom is 0.309 e. The topological polar surface area (TPSA) is 108 Å². The van der Waals surface area contributed by atoms with Crippen LogP contribution in [0.4, 0.5) is 0 Å². The van der Waals surface area contributed by atoms with E-state index in [-0.39, 0.29) is 16.9 Å². The highest BCUT2D eigenvalue weighted by molar-refractivity contribution is 7.89. The van der Waals surface area contributed by atoms with Gasteiger partial charge in [0, 0.05) is 38.1 Å². The van der Waals surface area contributed by atoms with Gasteiger partial charge in [0.1, 0.15) is 4.90 Å². The molecular weight excluding hydrogens is 344 g/mol. The van der Waals surface area contributed by atoms with E-state index < -0.39 is 21.8 Å². The van der Waals surface area contributed by atoms with Gasteiger partial charge in [-0.3, -0.25) is 14.6 Å². The zero-order valence-corrected chi connectivity index (χ0v) is 14.7. The number of piperidine rings is 1. The number of carbonyl (C=O) groups is 2. The molecule has 1 saturated heterocycles. The van der Waals surface area contributed by atoms with Crippen LogP contribution >= 0.6 is 0 Å². The van der Waals surface area contributed by atoms with E-state index >= 15 is 0 Å². The van der Waals surface area contributed by atoms with Crippen LogP contribution in [0.25, 0.3) is 0 Å². The average molecular weight is 366 g/mol. The van der Waals surface area contributed by atoms with Crippen LogP contribution in [0.15, 0.2) is 29.4 Å². The van der Waals surface area contributed by atoms with E-state index in [0.717, 1.165) is 12.8 Å². The molecule has 1 saturated carbocycles. The van der Waals surface area contributed by atoms with Crippen molar-refractivity contribution in [2.75, 3.05) is 19.6 Å². The second-order valence-corrected chi connectivity index (χ2v) is 8.43. The van der Waals surface area contributed by atoms with Crippen molar-refractivity contribution in [1.82, 2.24) is 19.9 Å². The molecule has 0 radical (unpaired) electrons. The molecule has 0 unspecified atom stereocenters. The number of carbonyl (C=O) groups excluding carboxylic acids is 2. The molecule has 2 heterocycles. The van der Waals surface area contributed by atoms with Crippen molar-refractivity contribution in [2.24, 2.45) is 5.92 Å². The highest BCUT2D eigenvalue weighted by atomic mass is 32.2. The molecule has 2 aliphatic rings. The van der Waals surface area contributed by atoms with Gasteiger partial charge in [-0.1, -0.05) is 0 Å². The largest absolute Gasteiger partial charge is 0.348 e. The van der Waals surface area contributed by atoms with Gasteiger partial charge in [0.2, 0.25) is 10.0 Å². The number of aromatic nitrogens is 1. The van der Waals surface area contributed by atoms with Gasteiger partial charge in [-0.25, -0.2) is 8.42 Å². The van der Waals surface area contributed by atoms with E-state index in [9.17, 15) is 18.0 Å². The Labute approximate surface area is 147 Å². The summed E-state index contributed by atoms with van der Waals surface area (Å²) in [6, 6.07) is 3.29. The predicted molar refractivity (Wildman–Crippen MR) is 89.9 cm³/mol. The molecular formula is C16H22N4O4S. The van der Waals surface area contributed by atoms with Crippen molar-refractivity contribution in [1.29, 1.82) is 0 Å². The predicted octanol–water partition coefficient (Wildman–Crippen LogP) is -0.123. The van der Waals surface area contributed by atoms with Gasteiger partial charge in [-0.05, 0) is 43.7 Å². The van der Waals surface area contributed by atoms with Crippen LogP contribution in [0.3, 0.4) is 0 Å². The minimum atomic E-state index is -3.52. The lowest BCUT2D eigenvalue weighted by Gasteiger charge is -2.31. The average Bonchev–Trinajstić information content (AvgIpc) is 3.44. The van der Waals surface area contributed by atoms with Gasteiger partial charge in [0.05, 0.1) is 0 Å². The fourth-order valence-corrected chi connectivity index (χ4v) is 4.23. The number of nitrogens with one attached hydrogen (secondary N) is 2. The Bertz CT molecular complexity index is 726. The SMILES string of the molecule is O=C(NCC1CCN(S(=O)(=O)c2cccnc2)CC1)C(=O)NC1CC1. The molecule has 136 valence electrons. The summed E-state index contributed by atoms with van der Waals surface area (Å²) in [5.74, 6) is -1.03. The third-order valence-corrected chi connectivity index (χ3v) is 6.40. The summed E-state index contributed by atoms with van der Waals surface area (Å²) in [6.45, 7) is 1.18. The van der Waals surface area contributed by atoms with E-state index in [1.807, 2.05) is 0 Å². The van der Waals surface area contributed by atoms with E-state index in [4.69, 9.17) is 0 Å². The quantitative estimate of drug-likeness (QED) is 0.706. The lowest BCUT2D eigenvalue weighted by Crippen LogP contribution is -2.45. The molecule has 3 rings (SSSR count). The molecule has 9 heteroatoms. The fraction of sp³-hybridized carbons (Fsp3) is 0.562. The minimum absolute atomic E-state index is 0.152. The van der Waals surface area contributed by atoms with Crippen molar-refractivity contribution in [3.05, 3.63) is 24.5 Å². The van der Waals surface area contributed by atoms with Crippen molar-refractivity contribution >= 4 is 21.8 Å². The number of hydrogen-bond donors (Lipinski definition) is 2. The Balaban J connectivity index is 1.45. The van der Waals surface area contributed by atoms with Crippen molar-refractivity contribution in [2.45, 2.75) is 36.6 Å². The molecule has 25 heavy (non-hydrogen) atoms. The van der Waals surface area contributed by atoms with E-state index in [2.05, 4.69) is 15.6 Å². The van der Waals surface area contributed by atoms with E-state index in [1.165, 1.54) is 22.8 Å². The van der Waals surface area contributed by atoms with Crippen molar-refractivity contribution in [3.8, 4) is 0 Å². The lowest BCUT2D eigenvalue weighted by atomic mass is 9.98. The van der Waals surface area contributed by atoms with Crippen LogP contribution in [-0.4, -0.2) is 55.2 Å². The summed E-state index contributed by atoms with van der Waals surface area (Å²) in [5, 5.41) is 5.28. The van der Waals surface area contributed by atoms with Crippen LogP contribution in [0.5, 0.6) is 0 Å². The number of rotatable bonds is 5. The summed E-state index contributed by atoms with van der Waals surface area (Å²) < 4.78 is 26.5. The van der Waals surface area contributed by atoms with Crippen LogP contribution < -0.4 is 10.6 Å². The molecule has 1 aliphatic heterocycles. The minimum Gasteiger partial charge on any atom is -0.348 e. The maximum absolute atomic E-state index is 12.5. The van der Waals surface area contributed by atoms with Crippen molar-refractivity contribution < 1.29 is 18.0 Å². The summed E-state index contributed by atoms with van der Waals surface area (Å²) in [5.41, 5.74) is 0. The third-order valence-electron chi connectivity index (χ3n) is 4.52. The highest BCUT2D eigenvalue weighted by Crippen LogP contribution is 2.23. The smallest absolute Gasteiger partial charge is 0.309 e. The number of nitrogens with zero attached hydrogens (tertiary/aromatic N) is 2. The van der Waals surface area contributed by atoms with Crippen LogP contribution in [0.1, 0.15) is 25.7 Å². The Morgan fingerprint density at radius 1 is 1.16 bits per heavy atom. The Hall–Kier alpha value is -2.00. The lowest BCUT2D eigenvalue weighted by molar-refractivity contribution is -0.139. The highest BCUT2D eigenvalue weighted by Gasteiger charge is 2.30. The van der Waals surface area contributed by atoms with Crippen LogP contribution in [0, 0.1) is 5.92 Å². The monoisotopic (exact) mass is 366 g/mol. The van der Waals surface area contributed by atoms with E-state index in [0.29, 0.717) is 32.5 Å². The number of sulfonamides is 1. The maximum atomic E-state index is 12.5. The standard InChI is InChI=1S/C16H22N4O4S/c21-15(16(22)19-13-3-4-13)18-10-12-5-8-20(9-6-12)25(23,24)14-2-1-7-17-11-14/h1-2,7,11-13H,3-6,8-10H2,(H,18,21)(H,19,22). The van der Waals surface area contributed by atoms with Gasteiger partial charge in [-0.15, -0.1) is 0 Å². The summed E-state index contributed by atoms with van der Waals surface area (Å²) >= 11 is 0. The second kappa shape index (κ2) is 7.49. The second-order valence-electron chi connectivity index (χ2n) is 6.49. The third kappa shape index (κ3) is 4.55. The molecule has 0 bridgehead atoms. The molecule has 1 aliphatic carbocycles. The number of pyridine rings is 1. The first kappa shape index (κ1) is 17.8. The molecule has 0 aromatic carbocycles. The Kier molecular flexibility index (Phi) is 5.33. The summed E-state index contributed by atoms with van der Waals surface area (Å²) in [4.78, 5) is 27.4. The van der Waals surface area contributed by atoms with Gasteiger partial charge >= 0.3 is 11.8 Å². The molecule has 2 N–H and O–H groups in total. The Morgan fingerprint density at radius 2 is 1.88 bits per heavy atom. The normalized spacial score (nSPS) is 19.4. The first-order valence-corrected chi connectivity index (χ1v) is 9.89. The molecule has 1 aromatic rings. The van der Waals surface area contributed by atoms with E-state index in [1.54, 1.807) is 6.07 Å². The van der Waals surface area contributed by atoms with Gasteiger partial charge in [0.15, 0.2) is 0 Å². The van der Waals surface area contributed by atoms with Crippen molar-refractivity contribution in [3.63, 3.8) is 0 Å². The van der Waals surface area contributed by atoms with Gasteiger partial charge in [-0.2, -0.15) is 4.31 Å². The molecule has 0 spiro atoms. The molecule has 2 amide bonds. The molecule has 1 aromatic heterocycles. The fourth-order valence-electron chi connectivity index (χ4n) is 2.80. The van der Waals surface area contributed by atoms with Crippen LogP contribution in [0.2, 0.25) is 0 Å². The number of amides is 2. The molecule has 2 fully saturated rings. The summed E-state index contributed by atoms with van der Waals surface area (Å²) in [6.07, 6.45) is 6.03. The van der Waals surface area contributed by atoms with Gasteiger partial charge < -0.3 is 10.6 Å². The summed E-state index contributed by atoms with van der Waals surface area (Å²) in [7, 11) is -3.52. The first-order chi connectivity index (χ1) is 12.0. The molecule has 8 nitrogen and oxygen atoms in total. The Morgan fingerprint density at radius 3 is 2.48 bits per heavy atom. The first-order valence-electron chi connectivity index (χ1n) is 8.45. The van der Waals surface area contributed by atoms with Crippen LogP contribution in [-0.2, 0) is 19.6 Å². The number of hydrogen-bond acceptors (Lipinski definition) is 5. The zero-order valence-electron chi connectivity index (χ0n) is 13.8. The zero-order chi connectivity index (χ0) is 17.9.